The van der Waals surface area contributed by atoms with E-state index in [4.69, 9.17) is 14.6 Å². The first-order valence-electron chi connectivity index (χ1n) is 10.5. The maximum atomic E-state index is 11.5. The Kier molecular flexibility index (Phi) is 14.8. The topological polar surface area (TPSA) is 97.5 Å². The molecule has 0 atom stereocenters. The zero-order chi connectivity index (χ0) is 25.5. The van der Waals surface area contributed by atoms with Gasteiger partial charge in [-0.1, -0.05) is 12.1 Å². The maximum absolute atomic E-state index is 11.5. The number of benzene rings is 2. The number of esters is 2. The van der Waals surface area contributed by atoms with Crippen LogP contribution >= 0.6 is 44.2 Å². The van der Waals surface area contributed by atoms with Gasteiger partial charge in [-0.05, 0) is 77.7 Å². The predicted octanol–water partition coefficient (Wildman–Crippen LogP) is 6.00. The third-order valence-corrected chi connectivity index (χ3v) is 5.06. The van der Waals surface area contributed by atoms with Crippen LogP contribution in [-0.4, -0.2) is 47.7 Å². The zero-order valence-electron chi connectivity index (χ0n) is 19.2. The molecule has 2 aromatic rings. The molecular formula is C24H27Br3N2O5. The van der Waals surface area contributed by atoms with Crippen molar-refractivity contribution in [2.45, 2.75) is 33.9 Å². The van der Waals surface area contributed by atoms with Crippen molar-refractivity contribution in [2.75, 3.05) is 19.8 Å². The molecule has 184 valence electrons. The van der Waals surface area contributed by atoms with Gasteiger partial charge in [0.2, 0.25) is 0 Å². The fraction of sp³-hybridized carbons (Fsp3) is 0.333. The Morgan fingerprint density at radius 1 is 0.912 bits per heavy atom. The van der Waals surface area contributed by atoms with Gasteiger partial charge < -0.3 is 14.6 Å². The largest absolute Gasteiger partial charge is 0.462 e. The molecule has 0 aromatic heterocycles. The number of carbonyl (C=O) groups excluding carboxylic acids is 2. The molecule has 0 saturated heterocycles. The van der Waals surface area contributed by atoms with Gasteiger partial charge in [0.25, 0.3) is 0 Å². The molecular weight excluding hydrogens is 636 g/mol. The number of fused-ring (bicyclic) bond motifs is 2. The lowest BCUT2D eigenvalue weighted by molar-refractivity contribution is 0.0516. The molecule has 7 nitrogen and oxygen atoms in total. The average Bonchev–Trinajstić information content (AvgIpc) is 3.47. The Labute approximate surface area is 223 Å². The molecule has 0 unspecified atom stereocenters. The summed E-state index contributed by atoms with van der Waals surface area (Å²) in [5, 5.41) is 7.57. The Morgan fingerprint density at radius 2 is 1.44 bits per heavy atom. The van der Waals surface area contributed by atoms with Gasteiger partial charge in [0.15, 0.2) is 0 Å². The highest BCUT2D eigenvalue weighted by Crippen LogP contribution is 2.23. The number of rotatable bonds is 4. The molecule has 1 N–H and O–H groups in total. The number of aliphatic imine (C=N–C) groups is 2. The first-order chi connectivity index (χ1) is 16.4. The summed E-state index contributed by atoms with van der Waals surface area (Å²) < 4.78 is 10.6. The van der Waals surface area contributed by atoms with Crippen molar-refractivity contribution in [3.8, 4) is 0 Å². The summed E-state index contributed by atoms with van der Waals surface area (Å²) in [5.41, 5.74) is 5.48. The highest BCUT2D eigenvalue weighted by Gasteiger charge is 2.16. The number of hydrogen-bond acceptors (Lipinski definition) is 7. The molecule has 10 heteroatoms. The summed E-state index contributed by atoms with van der Waals surface area (Å²) in [5.74, 6) is -0.553. The first-order valence-corrected chi connectivity index (χ1v) is 15.0. The monoisotopic (exact) mass is 660 g/mol. The number of carbonyl (C=O) groups is 2. The van der Waals surface area contributed by atoms with Crippen LogP contribution in [0.25, 0.3) is 0 Å². The van der Waals surface area contributed by atoms with Crippen LogP contribution < -0.4 is 0 Å². The molecule has 2 heterocycles. The van der Waals surface area contributed by atoms with E-state index in [0.29, 0.717) is 30.9 Å². The van der Waals surface area contributed by atoms with Gasteiger partial charge in [-0.2, -0.15) is 0 Å². The molecule has 0 amide bonds. The van der Waals surface area contributed by atoms with Crippen LogP contribution in [0.1, 0.15) is 63.7 Å². The minimum Gasteiger partial charge on any atom is -0.462 e. The van der Waals surface area contributed by atoms with Crippen molar-refractivity contribution in [3.05, 3.63) is 69.8 Å². The van der Waals surface area contributed by atoms with Crippen molar-refractivity contribution >= 4 is 67.0 Å². The fourth-order valence-corrected chi connectivity index (χ4v) is 3.42. The molecule has 2 aliphatic heterocycles. The third-order valence-electron chi connectivity index (χ3n) is 4.38. The van der Waals surface area contributed by atoms with E-state index in [1.807, 2.05) is 24.3 Å². The summed E-state index contributed by atoms with van der Waals surface area (Å²) in [4.78, 5) is 31.2. The number of aliphatic hydroxyl groups is 1. The Morgan fingerprint density at radius 3 is 2.00 bits per heavy atom. The van der Waals surface area contributed by atoms with E-state index in [2.05, 4.69) is 54.2 Å². The van der Waals surface area contributed by atoms with Gasteiger partial charge >= 0.3 is 11.9 Å². The van der Waals surface area contributed by atoms with Crippen LogP contribution in [0.3, 0.4) is 0 Å². The lowest BCUT2D eigenvalue weighted by Gasteiger charge is -2.04. The van der Waals surface area contributed by atoms with Gasteiger partial charge in [0.1, 0.15) is 4.62 Å². The second-order valence-corrected chi connectivity index (χ2v) is 7.37. The highest BCUT2D eigenvalue weighted by atomic mass is 80.9. The van der Waals surface area contributed by atoms with E-state index < -0.39 is 0 Å². The number of hydrogen-bond donors (Lipinski definition) is 1. The van der Waals surface area contributed by atoms with Gasteiger partial charge in [-0.3, -0.25) is 9.98 Å². The normalized spacial score (nSPS) is 11.8. The molecule has 0 bridgehead atoms. The van der Waals surface area contributed by atoms with Crippen LogP contribution in [0.15, 0.2) is 46.4 Å². The Bertz CT molecular complexity index is 1030. The molecule has 2 aliphatic rings. The standard InChI is InChI=1S/C11H10BrNO2.C11H11NO2.C2H6O.Br2/c1-2-15-11(14)7-3-4-8-6-13-10(12)9(8)5-7;1-2-14-11(13)8-3-4-9-6-12-7-10(9)5-8;1-2-3;1-2/h3-5H,2,6H2,1H3;3-5,7H,2,6H2,1H3;3H,2H2,1H3;. The van der Waals surface area contributed by atoms with Crippen molar-refractivity contribution in [3.63, 3.8) is 0 Å². The summed E-state index contributed by atoms with van der Waals surface area (Å²) in [6.07, 6.45) is 1.79. The fourth-order valence-electron chi connectivity index (χ4n) is 2.93. The summed E-state index contributed by atoms with van der Waals surface area (Å²) in [7, 11) is 0. The van der Waals surface area contributed by atoms with Crippen LogP contribution in [0.4, 0.5) is 0 Å². The van der Waals surface area contributed by atoms with E-state index >= 15 is 0 Å². The second-order valence-electron chi connectivity index (χ2n) is 6.62. The van der Waals surface area contributed by atoms with Crippen molar-refractivity contribution in [2.24, 2.45) is 9.98 Å². The van der Waals surface area contributed by atoms with E-state index in [9.17, 15) is 9.59 Å². The molecule has 2 aromatic carbocycles. The van der Waals surface area contributed by atoms with Gasteiger partial charge in [0, 0.05) is 46.6 Å². The van der Waals surface area contributed by atoms with E-state index in [1.165, 1.54) is 0 Å². The maximum Gasteiger partial charge on any atom is 0.338 e. The first kappa shape index (κ1) is 30.2. The summed E-state index contributed by atoms with van der Waals surface area (Å²) in [6, 6.07) is 11.0. The second kappa shape index (κ2) is 16.7. The minimum absolute atomic E-state index is 0.250. The molecule has 0 radical (unpaired) electrons. The average molecular weight is 663 g/mol. The molecule has 0 fully saturated rings. The molecule has 0 aliphatic carbocycles. The minimum atomic E-state index is -0.285. The van der Waals surface area contributed by atoms with Gasteiger partial charge in [0.05, 0.1) is 37.4 Å². The number of nitrogens with zero attached hydrogens (tertiary/aromatic N) is 2. The SMILES string of the molecule is BrBr.CCO.CCOC(=O)c1ccc2c(c1)C(Br)=NC2.CCOC(=O)c1ccc2c(c1)C=NC2. The Balaban J connectivity index is 0.000000287. The third kappa shape index (κ3) is 9.05. The quantitative estimate of drug-likeness (QED) is 0.405. The van der Waals surface area contributed by atoms with Crippen molar-refractivity contribution < 1.29 is 24.2 Å². The molecule has 34 heavy (non-hydrogen) atoms. The highest BCUT2D eigenvalue weighted by molar-refractivity contribution is 9.93. The van der Waals surface area contributed by atoms with E-state index in [-0.39, 0.29) is 18.5 Å². The van der Waals surface area contributed by atoms with E-state index in [1.54, 1.807) is 39.1 Å². The molecule has 0 spiro atoms. The smallest absolute Gasteiger partial charge is 0.338 e. The Hall–Kier alpha value is -1.88. The van der Waals surface area contributed by atoms with Gasteiger partial charge in [-0.25, -0.2) is 9.59 Å². The van der Waals surface area contributed by atoms with Crippen molar-refractivity contribution in [1.82, 2.24) is 0 Å². The zero-order valence-corrected chi connectivity index (χ0v) is 23.9. The van der Waals surface area contributed by atoms with Crippen molar-refractivity contribution in [1.29, 1.82) is 0 Å². The van der Waals surface area contributed by atoms with Crippen LogP contribution in [0, 0.1) is 0 Å². The summed E-state index contributed by atoms with van der Waals surface area (Å²) >= 11 is 8.86. The predicted molar refractivity (Wildman–Crippen MR) is 146 cm³/mol. The molecule has 4 rings (SSSR count). The lowest BCUT2D eigenvalue weighted by Crippen LogP contribution is -2.05. The number of halogens is 3. The van der Waals surface area contributed by atoms with Crippen LogP contribution in [0.2, 0.25) is 0 Å². The summed E-state index contributed by atoms with van der Waals surface area (Å²) in [6.45, 7) is 7.72. The number of aliphatic hydroxyl groups excluding tert-OH is 1. The molecule has 0 saturated carbocycles. The lowest BCUT2D eigenvalue weighted by atomic mass is 10.1. The number of ether oxygens (including phenoxy) is 2. The van der Waals surface area contributed by atoms with Gasteiger partial charge in [-0.15, -0.1) is 0 Å². The van der Waals surface area contributed by atoms with Crippen LogP contribution in [-0.2, 0) is 22.6 Å². The van der Waals surface area contributed by atoms with E-state index in [0.717, 1.165) is 33.4 Å². The van der Waals surface area contributed by atoms with Crippen LogP contribution in [0.5, 0.6) is 0 Å².